The maximum Gasteiger partial charge on any atom is 0.317 e. The summed E-state index contributed by atoms with van der Waals surface area (Å²) in [5.74, 6) is 0.115. The van der Waals surface area contributed by atoms with Crippen molar-refractivity contribution in [3.8, 4) is 0 Å². The number of urea groups is 1. The van der Waals surface area contributed by atoms with Gasteiger partial charge in [0.25, 0.3) is 0 Å². The van der Waals surface area contributed by atoms with Gasteiger partial charge in [0.05, 0.1) is 30.1 Å². The van der Waals surface area contributed by atoms with Crippen LogP contribution in [-0.2, 0) is 17.8 Å². The topological polar surface area (TPSA) is 169 Å². The van der Waals surface area contributed by atoms with E-state index in [9.17, 15) is 30.0 Å². The SMILES string of the molecule is CN(C[C@H](O)[C@@H](O)[C@H](O)[C@H](O)CO)C(=O)NCCCc1ccc(Cl)c(CNC2(C(=O)N3CCN(C4CC4)c4ccccc43)CC2)c1. The second kappa shape index (κ2) is 14.8. The number of hydrogen-bond donors (Lipinski definition) is 7. The Balaban J connectivity index is 1.09. The number of halogens is 1. The van der Waals surface area contributed by atoms with E-state index in [1.54, 1.807) is 0 Å². The summed E-state index contributed by atoms with van der Waals surface area (Å²) in [6.45, 7) is 1.28. The fourth-order valence-corrected chi connectivity index (χ4v) is 6.24. The van der Waals surface area contributed by atoms with Gasteiger partial charge in [-0.15, -0.1) is 0 Å². The molecule has 2 fully saturated rings. The molecule has 1 aliphatic heterocycles. The smallest absolute Gasteiger partial charge is 0.317 e. The average molecular weight is 660 g/mol. The molecule has 252 valence electrons. The largest absolute Gasteiger partial charge is 0.394 e. The molecule has 46 heavy (non-hydrogen) atoms. The van der Waals surface area contributed by atoms with Crippen molar-refractivity contribution >= 4 is 34.9 Å². The second-order valence-electron chi connectivity index (χ2n) is 12.7. The summed E-state index contributed by atoms with van der Waals surface area (Å²) in [5.41, 5.74) is 3.49. The lowest BCUT2D eigenvalue weighted by molar-refractivity contribution is -0.121. The maximum atomic E-state index is 13.9. The Morgan fingerprint density at radius 3 is 2.39 bits per heavy atom. The van der Waals surface area contributed by atoms with E-state index in [0.717, 1.165) is 41.9 Å². The zero-order valence-corrected chi connectivity index (χ0v) is 26.9. The van der Waals surface area contributed by atoms with E-state index in [-0.39, 0.29) is 12.5 Å². The average Bonchev–Trinajstić information content (AvgIpc) is 4.00. The first-order valence-electron chi connectivity index (χ1n) is 16.1. The Kier molecular flexibility index (Phi) is 11.1. The summed E-state index contributed by atoms with van der Waals surface area (Å²) in [6.07, 6.45) is -1.33. The van der Waals surface area contributed by atoms with Gasteiger partial charge in [-0.05, 0) is 67.9 Å². The Morgan fingerprint density at radius 1 is 1.02 bits per heavy atom. The molecule has 2 aromatic rings. The summed E-state index contributed by atoms with van der Waals surface area (Å²) in [4.78, 5) is 31.9. The van der Waals surface area contributed by atoms with Crippen molar-refractivity contribution in [3.05, 3.63) is 58.6 Å². The maximum absolute atomic E-state index is 13.9. The van der Waals surface area contributed by atoms with Crippen LogP contribution in [0.4, 0.5) is 16.2 Å². The molecule has 2 aliphatic carbocycles. The van der Waals surface area contributed by atoms with E-state index in [4.69, 9.17) is 16.7 Å². The van der Waals surface area contributed by atoms with Crippen LogP contribution in [0.2, 0.25) is 5.02 Å². The Bertz CT molecular complexity index is 1370. The van der Waals surface area contributed by atoms with Crippen LogP contribution in [0.5, 0.6) is 0 Å². The van der Waals surface area contributed by atoms with Crippen LogP contribution in [0.1, 0.15) is 43.2 Å². The Hall–Kier alpha value is -2.97. The molecule has 13 heteroatoms. The quantitative estimate of drug-likeness (QED) is 0.138. The van der Waals surface area contributed by atoms with Gasteiger partial charge in [0.2, 0.25) is 5.91 Å². The summed E-state index contributed by atoms with van der Waals surface area (Å²) in [7, 11) is 1.43. The lowest BCUT2D eigenvalue weighted by Gasteiger charge is -2.39. The number of aryl methyl sites for hydroxylation is 1. The van der Waals surface area contributed by atoms with Crippen molar-refractivity contribution in [1.29, 1.82) is 0 Å². The number of fused-ring (bicyclic) bond motifs is 1. The van der Waals surface area contributed by atoms with Crippen molar-refractivity contribution in [2.24, 2.45) is 0 Å². The zero-order valence-electron chi connectivity index (χ0n) is 26.2. The number of rotatable bonds is 15. The van der Waals surface area contributed by atoms with Crippen LogP contribution in [0.25, 0.3) is 0 Å². The summed E-state index contributed by atoms with van der Waals surface area (Å²) in [6, 6.07) is 14.1. The number of amides is 3. The number of para-hydroxylation sites is 2. The number of hydrogen-bond acceptors (Lipinski definition) is 9. The van der Waals surface area contributed by atoms with Crippen LogP contribution in [0, 0.1) is 0 Å². The Morgan fingerprint density at radius 2 is 1.72 bits per heavy atom. The molecule has 5 rings (SSSR count). The first-order chi connectivity index (χ1) is 22.0. The number of benzene rings is 2. The highest BCUT2D eigenvalue weighted by molar-refractivity contribution is 6.31. The molecule has 7 N–H and O–H groups in total. The zero-order chi connectivity index (χ0) is 33.0. The highest BCUT2D eigenvalue weighted by atomic mass is 35.5. The molecule has 0 spiro atoms. The number of nitrogens with zero attached hydrogens (tertiary/aromatic N) is 3. The van der Waals surface area contributed by atoms with E-state index < -0.39 is 42.6 Å². The fraction of sp³-hybridized carbons (Fsp3) is 0.576. The lowest BCUT2D eigenvalue weighted by Crippen LogP contribution is -2.53. The van der Waals surface area contributed by atoms with E-state index in [2.05, 4.69) is 21.6 Å². The first-order valence-corrected chi connectivity index (χ1v) is 16.4. The van der Waals surface area contributed by atoms with E-state index >= 15 is 0 Å². The lowest BCUT2D eigenvalue weighted by atomic mass is 10.0. The van der Waals surface area contributed by atoms with Crippen molar-refractivity contribution in [3.63, 3.8) is 0 Å². The number of carbonyl (C=O) groups is 2. The van der Waals surface area contributed by atoms with Gasteiger partial charge in [-0.25, -0.2) is 4.79 Å². The number of aliphatic hydroxyl groups excluding tert-OH is 5. The van der Waals surface area contributed by atoms with Crippen LogP contribution in [0.3, 0.4) is 0 Å². The third kappa shape index (κ3) is 7.93. The standard InChI is InChI=1S/C33H46ClN5O7/c1-37(19-27(41)29(43)30(44)28(42)20-40)32(46)35-14-4-5-21-8-11-24(34)22(17-21)18-36-33(12-13-33)31(45)39-16-15-38(23-9-10-23)25-6-2-3-7-26(25)39/h2-3,6-8,11,17,23,27-30,36,40-44H,4-5,9-10,12-16,18-20H2,1H3,(H,35,46)/t27-,28+,29+,30+/m0/s1. The molecule has 0 radical (unpaired) electrons. The number of anilines is 2. The minimum Gasteiger partial charge on any atom is -0.394 e. The molecule has 12 nitrogen and oxygen atoms in total. The molecule has 0 unspecified atom stereocenters. The van der Waals surface area contributed by atoms with Crippen LogP contribution in [0.15, 0.2) is 42.5 Å². The van der Waals surface area contributed by atoms with Gasteiger partial charge in [-0.3, -0.25) is 10.1 Å². The molecular formula is C33H46ClN5O7. The van der Waals surface area contributed by atoms with Crippen LogP contribution < -0.4 is 20.4 Å². The van der Waals surface area contributed by atoms with Gasteiger partial charge in [0.15, 0.2) is 0 Å². The molecule has 3 aliphatic rings. The fourth-order valence-electron chi connectivity index (χ4n) is 6.05. The molecule has 0 bridgehead atoms. The molecule has 0 aromatic heterocycles. The molecule has 1 heterocycles. The van der Waals surface area contributed by atoms with E-state index in [1.807, 2.05) is 41.3 Å². The minimum atomic E-state index is -1.75. The summed E-state index contributed by atoms with van der Waals surface area (Å²) in [5, 5.41) is 55.1. The van der Waals surface area contributed by atoms with Gasteiger partial charge < -0.3 is 45.5 Å². The van der Waals surface area contributed by atoms with Crippen molar-refractivity contribution in [2.45, 2.75) is 81.1 Å². The number of nitrogens with one attached hydrogen (secondary N) is 2. The summed E-state index contributed by atoms with van der Waals surface area (Å²) < 4.78 is 0. The Labute approximate surface area is 274 Å². The highest BCUT2D eigenvalue weighted by Crippen LogP contribution is 2.44. The van der Waals surface area contributed by atoms with Crippen LogP contribution in [-0.4, -0.2) is 118 Å². The molecule has 0 saturated heterocycles. The molecule has 3 amide bonds. The predicted octanol–water partition coefficient (Wildman–Crippen LogP) is 0.988. The minimum absolute atomic E-state index is 0.115. The first kappa shape index (κ1) is 34.4. The van der Waals surface area contributed by atoms with Crippen molar-refractivity contribution in [1.82, 2.24) is 15.5 Å². The predicted molar refractivity (Wildman–Crippen MR) is 175 cm³/mol. The third-order valence-corrected chi connectivity index (χ3v) is 9.59. The summed E-state index contributed by atoms with van der Waals surface area (Å²) >= 11 is 6.56. The van der Waals surface area contributed by atoms with E-state index in [1.165, 1.54) is 24.8 Å². The van der Waals surface area contributed by atoms with Gasteiger partial charge in [-0.2, -0.15) is 0 Å². The van der Waals surface area contributed by atoms with Crippen LogP contribution >= 0.6 is 11.6 Å². The van der Waals surface area contributed by atoms with Crippen molar-refractivity contribution < 1.29 is 35.1 Å². The highest BCUT2D eigenvalue weighted by Gasteiger charge is 2.52. The molecule has 2 aromatic carbocycles. The number of likely N-dealkylation sites (N-methyl/N-ethyl adjacent to an activating group) is 1. The van der Waals surface area contributed by atoms with Crippen molar-refractivity contribution in [2.75, 3.05) is 49.6 Å². The normalized spacial score (nSPS) is 19.5. The monoisotopic (exact) mass is 659 g/mol. The van der Waals surface area contributed by atoms with E-state index in [0.29, 0.717) is 43.5 Å². The molecular weight excluding hydrogens is 614 g/mol. The second-order valence-corrected chi connectivity index (χ2v) is 13.2. The molecule has 2 saturated carbocycles. The van der Waals surface area contributed by atoms with Gasteiger partial charge in [0.1, 0.15) is 24.4 Å². The number of carbonyl (C=O) groups excluding carboxylic acids is 2. The third-order valence-electron chi connectivity index (χ3n) is 9.22. The van der Waals surface area contributed by atoms with Gasteiger partial charge in [-0.1, -0.05) is 35.9 Å². The van der Waals surface area contributed by atoms with Gasteiger partial charge >= 0.3 is 6.03 Å². The molecule has 4 atom stereocenters. The number of aliphatic hydroxyl groups is 5. The van der Waals surface area contributed by atoms with Gasteiger partial charge in [0, 0.05) is 44.3 Å².